The second kappa shape index (κ2) is 5.07. The van der Waals surface area contributed by atoms with Crippen molar-refractivity contribution in [2.75, 3.05) is 14.2 Å². The van der Waals surface area contributed by atoms with E-state index in [1.165, 1.54) is 0 Å². The molecule has 1 aromatic heterocycles. The summed E-state index contributed by atoms with van der Waals surface area (Å²) in [6.07, 6.45) is -1.86. The van der Waals surface area contributed by atoms with Gasteiger partial charge in [0.25, 0.3) is 6.43 Å². The number of hydrogen-bond donors (Lipinski definition) is 0. The first-order chi connectivity index (χ1) is 7.52. The summed E-state index contributed by atoms with van der Waals surface area (Å²) in [6, 6.07) is 0. The third-order valence-electron chi connectivity index (χ3n) is 1.85. The van der Waals surface area contributed by atoms with Crippen LogP contribution in [0.2, 0.25) is 5.15 Å². The lowest BCUT2D eigenvalue weighted by atomic mass is 10.2. The highest BCUT2D eigenvalue weighted by molar-refractivity contribution is 6.30. The number of nitrogens with zero attached hydrogens (tertiary/aromatic N) is 1. The Bertz CT molecular complexity index is 412. The fourth-order valence-corrected chi connectivity index (χ4v) is 1.37. The summed E-state index contributed by atoms with van der Waals surface area (Å²) >= 11 is 5.50. The van der Waals surface area contributed by atoms with Gasteiger partial charge >= 0.3 is 5.97 Å². The quantitative estimate of drug-likeness (QED) is 0.612. The molecule has 0 atom stereocenters. The number of carbonyl (C=O) groups excluding carboxylic acids is 1. The van der Waals surface area contributed by atoms with Crippen molar-refractivity contribution >= 4 is 17.6 Å². The molecule has 0 radical (unpaired) electrons. The molecule has 88 valence electrons. The topological polar surface area (TPSA) is 48.4 Å². The summed E-state index contributed by atoms with van der Waals surface area (Å²) in [6.45, 7) is 0. The van der Waals surface area contributed by atoms with E-state index >= 15 is 0 Å². The Labute approximate surface area is 95.1 Å². The van der Waals surface area contributed by atoms with Gasteiger partial charge in [-0.05, 0) is 0 Å². The Morgan fingerprint density at radius 1 is 1.50 bits per heavy atom. The number of methoxy groups -OCH3 is 2. The van der Waals surface area contributed by atoms with Crippen LogP contribution in [0.3, 0.4) is 0 Å². The molecular weight excluding hydrogens is 244 g/mol. The number of alkyl halides is 2. The molecule has 0 aliphatic carbocycles. The minimum Gasteiger partial charge on any atom is -0.495 e. The molecule has 1 rings (SSSR count). The molecule has 0 aliphatic rings. The van der Waals surface area contributed by atoms with Gasteiger partial charge in [0.1, 0.15) is 16.5 Å². The third-order valence-corrected chi connectivity index (χ3v) is 2.15. The number of hydrogen-bond acceptors (Lipinski definition) is 4. The molecule has 0 bridgehead atoms. The number of halogens is 3. The van der Waals surface area contributed by atoms with Crippen molar-refractivity contribution in [2.24, 2.45) is 0 Å². The van der Waals surface area contributed by atoms with Gasteiger partial charge in [-0.15, -0.1) is 0 Å². The summed E-state index contributed by atoms with van der Waals surface area (Å²) < 4.78 is 34.5. The first-order valence-electron chi connectivity index (χ1n) is 4.11. The zero-order valence-corrected chi connectivity index (χ0v) is 9.22. The molecule has 0 fully saturated rings. The largest absolute Gasteiger partial charge is 0.495 e. The summed E-state index contributed by atoms with van der Waals surface area (Å²) in [7, 11) is 2.28. The van der Waals surface area contributed by atoms with Gasteiger partial charge in [0, 0.05) is 6.20 Å². The molecule has 4 nitrogen and oxygen atoms in total. The second-order valence-corrected chi connectivity index (χ2v) is 3.06. The van der Waals surface area contributed by atoms with Gasteiger partial charge in [0.15, 0.2) is 0 Å². The van der Waals surface area contributed by atoms with Crippen LogP contribution in [-0.4, -0.2) is 25.2 Å². The number of rotatable bonds is 3. The van der Waals surface area contributed by atoms with Crippen LogP contribution in [0.5, 0.6) is 5.75 Å². The minimum absolute atomic E-state index is 0.190. The molecule has 0 saturated carbocycles. The first kappa shape index (κ1) is 12.6. The maximum Gasteiger partial charge on any atom is 0.343 e. The van der Waals surface area contributed by atoms with Gasteiger partial charge in [0.05, 0.1) is 19.8 Å². The first-order valence-corrected chi connectivity index (χ1v) is 4.49. The molecule has 0 unspecified atom stereocenters. The monoisotopic (exact) mass is 251 g/mol. The Hall–Kier alpha value is -1.43. The van der Waals surface area contributed by atoms with Crippen molar-refractivity contribution in [1.29, 1.82) is 0 Å². The van der Waals surface area contributed by atoms with E-state index in [2.05, 4.69) is 9.72 Å². The number of ether oxygens (including phenoxy) is 2. The number of aromatic nitrogens is 1. The lowest BCUT2D eigenvalue weighted by molar-refractivity contribution is 0.0595. The lowest BCUT2D eigenvalue weighted by Crippen LogP contribution is -2.08. The van der Waals surface area contributed by atoms with E-state index in [1.807, 2.05) is 0 Å². The van der Waals surface area contributed by atoms with E-state index in [4.69, 9.17) is 16.3 Å². The molecule has 0 amide bonds. The summed E-state index contributed by atoms with van der Waals surface area (Å²) in [4.78, 5) is 14.7. The van der Waals surface area contributed by atoms with Gasteiger partial charge in [-0.25, -0.2) is 18.6 Å². The third kappa shape index (κ3) is 2.21. The van der Waals surface area contributed by atoms with Gasteiger partial charge in [0.2, 0.25) is 0 Å². The average molecular weight is 252 g/mol. The smallest absolute Gasteiger partial charge is 0.343 e. The zero-order valence-electron chi connectivity index (χ0n) is 8.46. The molecule has 0 aliphatic heterocycles. The standard InChI is InChI=1S/C9H8ClF2NO3/c1-15-6-4(9(14)16-2)3-13-7(10)5(6)8(11)12/h3,8H,1-2H3. The van der Waals surface area contributed by atoms with E-state index in [-0.39, 0.29) is 11.3 Å². The minimum atomic E-state index is -2.89. The van der Waals surface area contributed by atoms with E-state index < -0.39 is 23.1 Å². The molecule has 1 aromatic rings. The molecule has 7 heteroatoms. The highest BCUT2D eigenvalue weighted by atomic mass is 35.5. The Kier molecular flexibility index (Phi) is 4.00. The molecule has 16 heavy (non-hydrogen) atoms. The van der Waals surface area contributed by atoms with E-state index in [0.717, 1.165) is 20.4 Å². The van der Waals surface area contributed by atoms with Crippen LogP contribution < -0.4 is 4.74 Å². The number of esters is 1. The predicted molar refractivity (Wildman–Crippen MR) is 52.1 cm³/mol. The Balaban J connectivity index is 3.42. The SMILES string of the molecule is COC(=O)c1cnc(Cl)c(C(F)F)c1OC. The van der Waals surface area contributed by atoms with Crippen molar-refractivity contribution in [3.05, 3.63) is 22.5 Å². The Morgan fingerprint density at radius 3 is 2.56 bits per heavy atom. The second-order valence-electron chi connectivity index (χ2n) is 2.70. The number of carbonyl (C=O) groups is 1. The predicted octanol–water partition coefficient (Wildman–Crippen LogP) is 2.47. The van der Waals surface area contributed by atoms with Crippen molar-refractivity contribution in [1.82, 2.24) is 4.98 Å². The van der Waals surface area contributed by atoms with Crippen molar-refractivity contribution < 1.29 is 23.0 Å². The van der Waals surface area contributed by atoms with Crippen molar-refractivity contribution in [3.63, 3.8) is 0 Å². The maximum absolute atomic E-state index is 12.7. The van der Waals surface area contributed by atoms with Crippen LogP contribution in [0.25, 0.3) is 0 Å². The zero-order chi connectivity index (χ0) is 12.3. The average Bonchev–Trinajstić information content (AvgIpc) is 2.26. The molecular formula is C9H8ClF2NO3. The normalized spacial score (nSPS) is 10.4. The molecule has 0 spiro atoms. The summed E-state index contributed by atoms with van der Waals surface area (Å²) in [5.41, 5.74) is -0.809. The van der Waals surface area contributed by atoms with Crippen LogP contribution in [-0.2, 0) is 4.74 Å². The summed E-state index contributed by atoms with van der Waals surface area (Å²) in [5, 5.41) is -0.403. The highest BCUT2D eigenvalue weighted by Gasteiger charge is 2.25. The van der Waals surface area contributed by atoms with Gasteiger partial charge in [-0.1, -0.05) is 11.6 Å². The van der Waals surface area contributed by atoms with E-state index in [0.29, 0.717) is 0 Å². The van der Waals surface area contributed by atoms with Crippen LogP contribution >= 0.6 is 11.6 Å². The van der Waals surface area contributed by atoms with E-state index in [9.17, 15) is 13.6 Å². The van der Waals surface area contributed by atoms with Crippen LogP contribution in [0, 0.1) is 0 Å². The Morgan fingerprint density at radius 2 is 2.12 bits per heavy atom. The lowest BCUT2D eigenvalue weighted by Gasteiger charge is -2.12. The highest BCUT2D eigenvalue weighted by Crippen LogP contribution is 2.36. The molecule has 0 aromatic carbocycles. The molecule has 0 saturated heterocycles. The maximum atomic E-state index is 12.7. The molecule has 0 N–H and O–H groups in total. The van der Waals surface area contributed by atoms with Gasteiger partial charge in [-0.2, -0.15) is 0 Å². The van der Waals surface area contributed by atoms with E-state index in [1.54, 1.807) is 0 Å². The summed E-state index contributed by atoms with van der Waals surface area (Å²) in [5.74, 6) is -1.13. The van der Waals surface area contributed by atoms with Crippen LogP contribution in [0.15, 0.2) is 6.20 Å². The van der Waals surface area contributed by atoms with Crippen molar-refractivity contribution in [3.8, 4) is 5.75 Å². The van der Waals surface area contributed by atoms with Gasteiger partial charge in [-0.3, -0.25) is 0 Å². The van der Waals surface area contributed by atoms with Crippen LogP contribution in [0.1, 0.15) is 22.3 Å². The van der Waals surface area contributed by atoms with Crippen LogP contribution in [0.4, 0.5) is 8.78 Å². The molecule has 1 heterocycles. The number of pyridine rings is 1. The fourth-order valence-electron chi connectivity index (χ4n) is 1.15. The van der Waals surface area contributed by atoms with Gasteiger partial charge < -0.3 is 9.47 Å². The van der Waals surface area contributed by atoms with Crippen molar-refractivity contribution in [2.45, 2.75) is 6.43 Å². The fraction of sp³-hybridized carbons (Fsp3) is 0.333.